The molecule has 0 bridgehead atoms. The molecule has 9 nitrogen and oxygen atoms in total. The minimum atomic E-state index is -4.47. The molecule has 0 aliphatic heterocycles. The highest BCUT2D eigenvalue weighted by Crippen LogP contribution is 2.43. The average Bonchev–Trinajstić information content (AvgIpc) is 3.35. The van der Waals surface area contributed by atoms with Crippen LogP contribution in [-0.4, -0.2) is 74.3 Å². The minimum absolute atomic E-state index is 0.0199. The van der Waals surface area contributed by atoms with Crippen LogP contribution in [0.25, 0.3) is 0 Å². The zero-order valence-corrected chi connectivity index (χ0v) is 48.2. The van der Waals surface area contributed by atoms with Crippen molar-refractivity contribution in [1.29, 1.82) is 0 Å². The normalized spacial score (nSPS) is 14.7. The van der Waals surface area contributed by atoms with Crippen LogP contribution in [0.5, 0.6) is 0 Å². The van der Waals surface area contributed by atoms with Crippen LogP contribution in [0.2, 0.25) is 0 Å². The average molecular weight is 1040 g/mol. The number of rotatable bonds is 50. The van der Waals surface area contributed by atoms with E-state index >= 15 is 0 Å². The number of amides is 1. The summed E-state index contributed by atoms with van der Waals surface area (Å²) >= 11 is 0. The second kappa shape index (κ2) is 51.9. The number of phosphoric ester groups is 1. The Labute approximate surface area is 448 Å². The van der Waals surface area contributed by atoms with Gasteiger partial charge in [-0.15, -0.1) is 0 Å². The molecule has 0 aromatic carbocycles. The summed E-state index contributed by atoms with van der Waals surface area (Å²) in [6, 6.07) is -0.893. The summed E-state index contributed by atoms with van der Waals surface area (Å²) in [5, 5.41) is 3.02. The van der Waals surface area contributed by atoms with Crippen LogP contribution >= 0.6 is 7.82 Å². The number of ether oxygens (including phenoxy) is 1. The number of likely N-dealkylation sites (N-methyl/N-ethyl adjacent to an activating group) is 1. The molecule has 73 heavy (non-hydrogen) atoms. The first-order valence-electron chi connectivity index (χ1n) is 28.9. The highest BCUT2D eigenvalue weighted by molar-refractivity contribution is 7.47. The second-order valence-electron chi connectivity index (χ2n) is 20.1. The van der Waals surface area contributed by atoms with E-state index in [1.807, 2.05) is 45.4 Å². The molecule has 0 aliphatic rings. The van der Waals surface area contributed by atoms with E-state index < -0.39 is 25.9 Å². The van der Waals surface area contributed by atoms with Gasteiger partial charge in [0.15, 0.2) is 0 Å². The molecule has 3 unspecified atom stereocenters. The summed E-state index contributed by atoms with van der Waals surface area (Å²) in [5.74, 6) is -0.627. The molecule has 0 spiro atoms. The molecule has 0 aromatic heterocycles. The van der Waals surface area contributed by atoms with E-state index in [4.69, 9.17) is 13.8 Å². The minimum Gasteiger partial charge on any atom is -0.456 e. The molecule has 0 aliphatic carbocycles. The summed E-state index contributed by atoms with van der Waals surface area (Å²) in [4.78, 5) is 37.6. The van der Waals surface area contributed by atoms with Crippen molar-refractivity contribution < 1.29 is 37.3 Å². The van der Waals surface area contributed by atoms with Gasteiger partial charge in [-0.1, -0.05) is 233 Å². The third kappa shape index (κ3) is 53.1. The molecule has 416 valence electrons. The molecular formula is C63H108N2O7P+. The standard InChI is InChI=1S/C63H107N2O7P/c1-7-10-13-16-19-22-25-28-30-31-32-33-35-38-41-44-47-50-53-56-63(67)72-61(54-51-48-45-42-39-36-27-24-21-18-15-12-9-3)60(59-71-73(68,69)70-58-57-65(4,5)6)64-62(66)55-52-49-46-43-40-37-34-29-26-23-20-17-14-11-8-2/h10-11,13-14,17,19-20,22-23,26,28,30,32-33,38,41,47,50-51,54,60-61H,7-9,12,15-16,18,21,24-25,27,29,31,34-37,39-40,42-46,48-49,52-53,55-59H2,1-6H3,(H-,64,66,68,69)/p+1/b13-10-,14-11+,20-17+,22-19-,26-23+,30-28-,33-32-,41-38-,50-47-,54-51+. The maximum absolute atomic E-state index is 13.5. The fourth-order valence-corrected chi connectivity index (χ4v) is 8.29. The largest absolute Gasteiger partial charge is 0.472 e. The van der Waals surface area contributed by atoms with Crippen LogP contribution in [0.15, 0.2) is 122 Å². The van der Waals surface area contributed by atoms with Gasteiger partial charge >= 0.3 is 13.8 Å². The van der Waals surface area contributed by atoms with Crippen LogP contribution < -0.4 is 5.32 Å². The summed E-state index contributed by atoms with van der Waals surface area (Å²) in [7, 11) is 1.43. The number of phosphoric acid groups is 1. The smallest absolute Gasteiger partial charge is 0.456 e. The van der Waals surface area contributed by atoms with E-state index in [2.05, 4.69) is 123 Å². The lowest BCUT2D eigenvalue weighted by atomic mass is 10.0. The topological polar surface area (TPSA) is 111 Å². The fraction of sp³-hybridized carbons (Fsp3) is 0.651. The molecule has 0 aromatic rings. The number of esters is 1. The molecule has 1 amide bonds. The van der Waals surface area contributed by atoms with Gasteiger partial charge in [0.2, 0.25) is 5.91 Å². The lowest BCUT2D eigenvalue weighted by Gasteiger charge is -2.27. The summed E-state index contributed by atoms with van der Waals surface area (Å²) in [6.07, 6.45) is 72.1. The summed E-state index contributed by atoms with van der Waals surface area (Å²) in [5.41, 5.74) is 0. The van der Waals surface area contributed by atoms with Gasteiger partial charge in [-0.3, -0.25) is 18.6 Å². The number of carbonyl (C=O) groups excluding carboxylic acids is 2. The second-order valence-corrected chi connectivity index (χ2v) is 21.6. The molecule has 0 heterocycles. The Morgan fingerprint density at radius 2 is 0.959 bits per heavy atom. The molecule has 0 saturated heterocycles. The van der Waals surface area contributed by atoms with Gasteiger partial charge in [0, 0.05) is 12.8 Å². The van der Waals surface area contributed by atoms with Crippen molar-refractivity contribution in [2.24, 2.45) is 0 Å². The Balaban J connectivity index is 5.51. The molecular weight excluding hydrogens is 928 g/mol. The van der Waals surface area contributed by atoms with Gasteiger partial charge in [0.25, 0.3) is 0 Å². The third-order valence-corrected chi connectivity index (χ3v) is 13.0. The van der Waals surface area contributed by atoms with E-state index in [1.165, 1.54) is 77.0 Å². The first kappa shape index (κ1) is 69.4. The van der Waals surface area contributed by atoms with Crippen molar-refractivity contribution >= 4 is 19.7 Å². The molecule has 0 rings (SSSR count). The van der Waals surface area contributed by atoms with Gasteiger partial charge in [-0.2, -0.15) is 0 Å². The van der Waals surface area contributed by atoms with Crippen molar-refractivity contribution in [3.05, 3.63) is 122 Å². The predicted octanol–water partition coefficient (Wildman–Crippen LogP) is 17.5. The Kier molecular flexibility index (Phi) is 49.3. The number of nitrogens with one attached hydrogen (secondary N) is 1. The molecule has 10 heteroatoms. The van der Waals surface area contributed by atoms with E-state index in [-0.39, 0.29) is 25.5 Å². The maximum Gasteiger partial charge on any atom is 0.472 e. The Morgan fingerprint density at radius 3 is 1.47 bits per heavy atom. The number of allylic oxidation sites excluding steroid dienone is 19. The van der Waals surface area contributed by atoms with Crippen molar-refractivity contribution in [1.82, 2.24) is 5.32 Å². The lowest BCUT2D eigenvalue weighted by molar-refractivity contribution is -0.870. The Bertz CT molecular complexity index is 1660. The third-order valence-electron chi connectivity index (χ3n) is 12.0. The zero-order valence-electron chi connectivity index (χ0n) is 47.3. The quantitative estimate of drug-likeness (QED) is 0.0156. The Hall–Kier alpha value is -3.59. The SMILES string of the molecule is CC/C=C\C/C=C\C/C=C\C/C=C\C/C=C\C/C=C\CCC(=O)OC(/C=C/CCCCCCCCCCCCC)C(COP(=O)(O)OCC[N+](C)(C)C)NC(=O)CCCCCCCCC/C=C/C=C/C=C/CC. The zero-order chi connectivity index (χ0) is 53.6. The monoisotopic (exact) mass is 1040 g/mol. The number of unbranched alkanes of at least 4 members (excludes halogenated alkanes) is 18. The Morgan fingerprint density at radius 1 is 0.507 bits per heavy atom. The van der Waals surface area contributed by atoms with Crippen molar-refractivity contribution in [2.45, 2.75) is 226 Å². The number of hydrogen-bond acceptors (Lipinski definition) is 6. The van der Waals surface area contributed by atoms with Crippen LogP contribution in [-0.2, 0) is 27.9 Å². The van der Waals surface area contributed by atoms with E-state index in [9.17, 15) is 19.0 Å². The van der Waals surface area contributed by atoms with Gasteiger partial charge in [0.05, 0.1) is 33.8 Å². The maximum atomic E-state index is 13.5. The van der Waals surface area contributed by atoms with Crippen molar-refractivity contribution in [3.8, 4) is 0 Å². The predicted molar refractivity (Wildman–Crippen MR) is 313 cm³/mol. The van der Waals surface area contributed by atoms with Crippen LogP contribution in [0.3, 0.4) is 0 Å². The number of nitrogens with zero attached hydrogens (tertiary/aromatic N) is 1. The fourth-order valence-electron chi connectivity index (χ4n) is 7.55. The van der Waals surface area contributed by atoms with Crippen LogP contribution in [0, 0.1) is 0 Å². The molecule has 2 N–H and O–H groups in total. The van der Waals surface area contributed by atoms with E-state index in [0.29, 0.717) is 23.9 Å². The van der Waals surface area contributed by atoms with Crippen LogP contribution in [0.4, 0.5) is 0 Å². The van der Waals surface area contributed by atoms with E-state index in [0.717, 1.165) is 96.3 Å². The van der Waals surface area contributed by atoms with Crippen molar-refractivity contribution in [2.75, 3.05) is 40.9 Å². The number of quaternary nitrogens is 1. The summed E-state index contributed by atoms with van der Waals surface area (Å²) < 4.78 is 30.5. The van der Waals surface area contributed by atoms with Crippen LogP contribution in [0.1, 0.15) is 213 Å². The van der Waals surface area contributed by atoms with Gasteiger partial charge < -0.3 is 19.4 Å². The van der Waals surface area contributed by atoms with Crippen molar-refractivity contribution in [3.63, 3.8) is 0 Å². The summed E-state index contributed by atoms with van der Waals surface area (Å²) in [6.45, 7) is 6.69. The van der Waals surface area contributed by atoms with Gasteiger partial charge in [0.1, 0.15) is 19.3 Å². The highest BCUT2D eigenvalue weighted by Gasteiger charge is 2.30. The number of carbonyl (C=O) groups is 2. The van der Waals surface area contributed by atoms with E-state index in [1.54, 1.807) is 0 Å². The highest BCUT2D eigenvalue weighted by atomic mass is 31.2. The first-order valence-corrected chi connectivity index (χ1v) is 30.4. The number of hydrogen-bond donors (Lipinski definition) is 2. The molecule has 0 radical (unpaired) electrons. The lowest BCUT2D eigenvalue weighted by Crippen LogP contribution is -2.47. The van der Waals surface area contributed by atoms with Gasteiger partial charge in [-0.05, 0) is 89.5 Å². The first-order chi connectivity index (χ1) is 35.4. The van der Waals surface area contributed by atoms with Gasteiger partial charge in [-0.25, -0.2) is 4.57 Å². The molecule has 0 fully saturated rings. The molecule has 3 atom stereocenters. The molecule has 0 saturated carbocycles.